The van der Waals surface area contributed by atoms with Crippen molar-refractivity contribution in [2.24, 2.45) is 0 Å². The largest absolute Gasteiger partial charge is 0.467 e. The van der Waals surface area contributed by atoms with Gasteiger partial charge in [0.1, 0.15) is 5.02 Å². The third kappa shape index (κ3) is 3.28. The number of hydrogen-bond acceptors (Lipinski definition) is 7. The van der Waals surface area contributed by atoms with Crippen LogP contribution in [0.3, 0.4) is 0 Å². The van der Waals surface area contributed by atoms with E-state index in [1.165, 1.54) is 7.11 Å². The van der Waals surface area contributed by atoms with Crippen molar-refractivity contribution in [1.29, 1.82) is 0 Å². The quantitative estimate of drug-likeness (QED) is 0.786. The molecule has 0 bridgehead atoms. The monoisotopic (exact) mass is 346 g/mol. The van der Waals surface area contributed by atoms with Crippen LogP contribution >= 0.6 is 11.6 Å². The van der Waals surface area contributed by atoms with Gasteiger partial charge in [-0.15, -0.1) is 0 Å². The molecule has 3 rings (SSSR count). The number of ether oxygens (including phenoxy) is 1. The first-order chi connectivity index (χ1) is 10.5. The lowest BCUT2D eigenvalue weighted by Gasteiger charge is -2.38. The molecule has 1 aromatic heterocycles. The van der Waals surface area contributed by atoms with Crippen molar-refractivity contribution in [3.05, 3.63) is 11.2 Å². The minimum absolute atomic E-state index is 0.155. The lowest BCUT2D eigenvalue weighted by atomic mass is 10.2. The molecule has 9 heteroatoms. The van der Waals surface area contributed by atoms with E-state index in [0.717, 1.165) is 32.6 Å². The predicted molar refractivity (Wildman–Crippen MR) is 84.4 cm³/mol. The van der Waals surface area contributed by atoms with Crippen LogP contribution in [0.1, 0.15) is 6.42 Å². The number of piperazine rings is 1. The molecule has 2 fully saturated rings. The van der Waals surface area contributed by atoms with E-state index in [9.17, 15) is 8.42 Å². The zero-order valence-corrected chi connectivity index (χ0v) is 14.0. The molecule has 1 aromatic rings. The van der Waals surface area contributed by atoms with Crippen LogP contribution in [0.25, 0.3) is 0 Å². The Kier molecular flexibility index (Phi) is 4.42. The van der Waals surface area contributed by atoms with Crippen LogP contribution in [0, 0.1) is 0 Å². The molecule has 1 atom stereocenters. The fraction of sp³-hybridized carbons (Fsp3) is 0.692. The van der Waals surface area contributed by atoms with Crippen LogP contribution < -0.4 is 9.64 Å². The Morgan fingerprint density at radius 2 is 2.05 bits per heavy atom. The van der Waals surface area contributed by atoms with Crippen LogP contribution in [-0.4, -0.2) is 74.1 Å². The van der Waals surface area contributed by atoms with Gasteiger partial charge in [-0.3, -0.25) is 4.90 Å². The Bertz CT molecular complexity index is 647. The van der Waals surface area contributed by atoms with Crippen molar-refractivity contribution in [2.45, 2.75) is 12.5 Å². The van der Waals surface area contributed by atoms with Crippen LogP contribution in [0.4, 0.5) is 5.82 Å². The van der Waals surface area contributed by atoms with E-state index in [0.29, 0.717) is 22.6 Å². The van der Waals surface area contributed by atoms with Crippen LogP contribution in [-0.2, 0) is 9.84 Å². The zero-order chi connectivity index (χ0) is 15.7. The van der Waals surface area contributed by atoms with Crippen molar-refractivity contribution in [3.8, 4) is 6.01 Å². The topological polar surface area (TPSA) is 75.6 Å². The highest BCUT2D eigenvalue weighted by Crippen LogP contribution is 2.26. The summed E-state index contributed by atoms with van der Waals surface area (Å²) in [5, 5.41) is 0.498. The molecule has 0 radical (unpaired) electrons. The summed E-state index contributed by atoms with van der Waals surface area (Å²) in [6, 6.07) is 0.450. The predicted octanol–water partition coefficient (Wildman–Crippen LogP) is 0.448. The highest BCUT2D eigenvalue weighted by Gasteiger charge is 2.34. The molecule has 2 aliphatic heterocycles. The molecule has 22 heavy (non-hydrogen) atoms. The average Bonchev–Trinajstić information content (AvgIpc) is 2.88. The maximum atomic E-state index is 11.6. The molecule has 2 saturated heterocycles. The summed E-state index contributed by atoms with van der Waals surface area (Å²) in [5.74, 6) is 1.27. The van der Waals surface area contributed by atoms with Gasteiger partial charge < -0.3 is 9.64 Å². The van der Waals surface area contributed by atoms with Gasteiger partial charge in [-0.1, -0.05) is 11.6 Å². The lowest BCUT2D eigenvalue weighted by Crippen LogP contribution is -2.51. The Balaban J connectivity index is 1.65. The van der Waals surface area contributed by atoms with E-state index in [-0.39, 0.29) is 11.8 Å². The second-order valence-electron chi connectivity index (χ2n) is 5.61. The van der Waals surface area contributed by atoms with Crippen LogP contribution in [0.2, 0.25) is 5.02 Å². The van der Waals surface area contributed by atoms with Crippen molar-refractivity contribution in [1.82, 2.24) is 14.9 Å². The van der Waals surface area contributed by atoms with E-state index >= 15 is 0 Å². The molecule has 0 saturated carbocycles. The molecule has 0 aliphatic carbocycles. The molecule has 3 heterocycles. The van der Waals surface area contributed by atoms with Gasteiger partial charge in [-0.25, -0.2) is 13.4 Å². The van der Waals surface area contributed by atoms with Crippen molar-refractivity contribution >= 4 is 27.3 Å². The minimum atomic E-state index is -2.84. The van der Waals surface area contributed by atoms with Crippen molar-refractivity contribution in [2.75, 3.05) is 49.7 Å². The van der Waals surface area contributed by atoms with Crippen LogP contribution in [0.15, 0.2) is 6.20 Å². The molecule has 1 unspecified atom stereocenters. The average molecular weight is 347 g/mol. The maximum absolute atomic E-state index is 11.6. The number of nitrogens with zero attached hydrogens (tertiary/aromatic N) is 4. The minimum Gasteiger partial charge on any atom is -0.467 e. The first kappa shape index (κ1) is 15.8. The number of hydrogen-bond donors (Lipinski definition) is 0. The van der Waals surface area contributed by atoms with Gasteiger partial charge >= 0.3 is 6.01 Å². The van der Waals surface area contributed by atoms with Gasteiger partial charge in [-0.2, -0.15) is 4.98 Å². The second kappa shape index (κ2) is 6.17. The molecule has 2 aliphatic rings. The Morgan fingerprint density at radius 3 is 2.64 bits per heavy atom. The van der Waals surface area contributed by atoms with Crippen molar-refractivity contribution in [3.63, 3.8) is 0 Å². The first-order valence-corrected chi connectivity index (χ1v) is 9.44. The lowest BCUT2D eigenvalue weighted by molar-refractivity contribution is 0.200. The number of halogens is 1. The van der Waals surface area contributed by atoms with E-state index in [1.807, 2.05) is 0 Å². The van der Waals surface area contributed by atoms with Gasteiger partial charge in [-0.05, 0) is 6.42 Å². The summed E-state index contributed by atoms with van der Waals surface area (Å²) >= 11 is 6.17. The van der Waals surface area contributed by atoms with Crippen molar-refractivity contribution < 1.29 is 13.2 Å². The summed E-state index contributed by atoms with van der Waals surface area (Å²) in [6.07, 6.45) is 2.28. The fourth-order valence-corrected chi connectivity index (χ4v) is 5.00. The fourth-order valence-electron chi connectivity index (χ4n) is 3.02. The molecule has 0 amide bonds. The Morgan fingerprint density at radius 1 is 1.32 bits per heavy atom. The summed E-state index contributed by atoms with van der Waals surface area (Å²) in [5.41, 5.74) is 0. The molecule has 7 nitrogen and oxygen atoms in total. The molecular weight excluding hydrogens is 328 g/mol. The summed E-state index contributed by atoms with van der Waals surface area (Å²) in [4.78, 5) is 12.6. The van der Waals surface area contributed by atoms with E-state index < -0.39 is 9.84 Å². The second-order valence-corrected chi connectivity index (χ2v) is 8.24. The van der Waals surface area contributed by atoms with E-state index in [4.69, 9.17) is 16.3 Å². The summed E-state index contributed by atoms with van der Waals surface area (Å²) in [7, 11) is -1.32. The molecular formula is C13H19ClN4O3S. The van der Waals surface area contributed by atoms with Crippen LogP contribution in [0.5, 0.6) is 6.01 Å². The Labute approximate surface area is 135 Å². The smallest absolute Gasteiger partial charge is 0.318 e. The van der Waals surface area contributed by atoms with E-state index in [2.05, 4.69) is 19.8 Å². The molecule has 0 aromatic carbocycles. The van der Waals surface area contributed by atoms with Gasteiger partial charge in [0.05, 0.1) is 24.8 Å². The van der Waals surface area contributed by atoms with Gasteiger partial charge in [0.15, 0.2) is 15.7 Å². The maximum Gasteiger partial charge on any atom is 0.318 e. The summed E-state index contributed by atoms with van der Waals surface area (Å²) in [6.45, 7) is 3.14. The normalized spacial score (nSPS) is 25.4. The number of anilines is 1. The van der Waals surface area contributed by atoms with Gasteiger partial charge in [0.25, 0.3) is 0 Å². The van der Waals surface area contributed by atoms with Gasteiger partial charge in [0.2, 0.25) is 0 Å². The number of methoxy groups -OCH3 is 1. The number of aromatic nitrogens is 2. The third-order valence-corrected chi connectivity index (χ3v) is 6.24. The highest BCUT2D eigenvalue weighted by molar-refractivity contribution is 7.91. The highest BCUT2D eigenvalue weighted by atomic mass is 35.5. The first-order valence-electron chi connectivity index (χ1n) is 7.24. The van der Waals surface area contributed by atoms with E-state index in [1.54, 1.807) is 6.20 Å². The summed E-state index contributed by atoms with van der Waals surface area (Å²) < 4.78 is 28.2. The third-order valence-electron chi connectivity index (χ3n) is 4.22. The molecule has 0 N–H and O–H groups in total. The SMILES string of the molecule is COc1ncc(Cl)c(N2CCN(C3CCS(=O)(=O)C3)CC2)n1. The Hall–Kier alpha value is -1.12. The number of sulfone groups is 1. The molecule has 122 valence electrons. The zero-order valence-electron chi connectivity index (χ0n) is 12.4. The molecule has 0 spiro atoms. The standard InChI is InChI=1S/C13H19ClN4O3S/c1-21-13-15-8-11(14)12(16-13)18-5-3-17(4-6-18)10-2-7-22(19,20)9-10/h8,10H,2-7,9H2,1H3. The van der Waals surface area contributed by atoms with Gasteiger partial charge in [0, 0.05) is 32.2 Å². The number of rotatable bonds is 3.